The molecule has 0 bridgehead atoms. The van der Waals surface area contributed by atoms with Crippen LogP contribution >= 0.6 is 11.6 Å². The second-order valence-electron chi connectivity index (χ2n) is 3.92. The van der Waals surface area contributed by atoms with Crippen molar-refractivity contribution in [3.05, 3.63) is 16.5 Å². The van der Waals surface area contributed by atoms with E-state index < -0.39 is 11.7 Å². The Labute approximate surface area is 126 Å². The lowest BCUT2D eigenvalue weighted by Crippen LogP contribution is -2.32. The molecule has 0 spiro atoms. The number of ether oxygens (including phenoxy) is 2. The largest absolute Gasteiger partial charge is 0.476 e. The van der Waals surface area contributed by atoms with E-state index in [0.717, 1.165) is 0 Å². The Kier molecular flexibility index (Phi) is 6.81. The fraction of sp³-hybridized carbons (Fsp3) is 0.500. The van der Waals surface area contributed by atoms with Crippen LogP contribution in [0.15, 0.2) is 0 Å². The van der Waals surface area contributed by atoms with Crippen molar-refractivity contribution < 1.29 is 19.4 Å². The molecule has 114 valence electrons. The zero-order valence-corrected chi connectivity index (χ0v) is 12.4. The van der Waals surface area contributed by atoms with Crippen molar-refractivity contribution in [3.8, 4) is 6.07 Å². The van der Waals surface area contributed by atoms with E-state index in [4.69, 9.17) is 31.4 Å². The van der Waals surface area contributed by atoms with E-state index in [9.17, 15) is 4.79 Å². The van der Waals surface area contributed by atoms with Gasteiger partial charge in [0.15, 0.2) is 22.4 Å². The lowest BCUT2D eigenvalue weighted by Gasteiger charge is -2.23. The van der Waals surface area contributed by atoms with Crippen LogP contribution in [-0.4, -0.2) is 61.6 Å². The molecule has 21 heavy (non-hydrogen) atoms. The molecule has 0 aliphatic rings. The third kappa shape index (κ3) is 4.53. The Morgan fingerprint density at radius 2 is 1.90 bits per heavy atom. The summed E-state index contributed by atoms with van der Waals surface area (Å²) in [6.07, 6.45) is 0. The number of hydrogen-bond acceptors (Lipinski definition) is 7. The molecule has 1 N–H and O–H groups in total. The molecule has 1 aromatic rings. The molecule has 0 atom stereocenters. The summed E-state index contributed by atoms with van der Waals surface area (Å²) in [6.45, 7) is 1.57. The molecule has 0 aliphatic carbocycles. The molecule has 8 nitrogen and oxygen atoms in total. The van der Waals surface area contributed by atoms with Crippen LogP contribution in [0.5, 0.6) is 0 Å². The van der Waals surface area contributed by atoms with Gasteiger partial charge in [-0.3, -0.25) is 0 Å². The molecular weight excluding hydrogens is 300 g/mol. The summed E-state index contributed by atoms with van der Waals surface area (Å²) in [5.74, 6) is -1.16. The van der Waals surface area contributed by atoms with Gasteiger partial charge in [0.2, 0.25) is 0 Å². The van der Waals surface area contributed by atoms with Crippen LogP contribution in [-0.2, 0) is 9.47 Å². The van der Waals surface area contributed by atoms with E-state index in [1.807, 2.05) is 6.07 Å². The van der Waals surface area contributed by atoms with E-state index in [2.05, 4.69) is 9.97 Å². The topological polar surface area (TPSA) is 109 Å². The summed E-state index contributed by atoms with van der Waals surface area (Å²) in [6, 6.07) is 1.86. The quantitative estimate of drug-likeness (QED) is 0.750. The SMILES string of the molecule is COCCN(CCOC)c1nc(C(=O)O)c(Cl)nc1C#N. The van der Waals surface area contributed by atoms with Crippen LogP contribution in [0.1, 0.15) is 16.2 Å². The van der Waals surface area contributed by atoms with Gasteiger partial charge in [-0.15, -0.1) is 0 Å². The maximum Gasteiger partial charge on any atom is 0.357 e. The van der Waals surface area contributed by atoms with Crippen LogP contribution in [0.4, 0.5) is 5.82 Å². The molecule has 1 aromatic heterocycles. The number of anilines is 1. The van der Waals surface area contributed by atoms with Crippen LogP contribution in [0.3, 0.4) is 0 Å². The average Bonchev–Trinajstić information content (AvgIpc) is 2.47. The van der Waals surface area contributed by atoms with Crippen molar-refractivity contribution in [1.29, 1.82) is 5.26 Å². The number of carbonyl (C=O) groups is 1. The van der Waals surface area contributed by atoms with Gasteiger partial charge in [0.1, 0.15) is 6.07 Å². The number of nitrogens with zero attached hydrogens (tertiary/aromatic N) is 4. The monoisotopic (exact) mass is 314 g/mol. The highest BCUT2D eigenvalue weighted by Gasteiger charge is 2.21. The summed E-state index contributed by atoms with van der Waals surface area (Å²) in [7, 11) is 3.08. The molecule has 0 aromatic carbocycles. The first-order valence-electron chi connectivity index (χ1n) is 5.98. The number of hydrogen-bond donors (Lipinski definition) is 1. The summed E-state index contributed by atoms with van der Waals surface area (Å²) in [4.78, 5) is 20.5. The van der Waals surface area contributed by atoms with Crippen molar-refractivity contribution in [3.63, 3.8) is 0 Å². The smallest absolute Gasteiger partial charge is 0.357 e. The third-order valence-corrected chi connectivity index (χ3v) is 2.84. The minimum Gasteiger partial charge on any atom is -0.476 e. The zero-order chi connectivity index (χ0) is 15.8. The lowest BCUT2D eigenvalue weighted by molar-refractivity contribution is 0.0690. The van der Waals surface area contributed by atoms with Crippen LogP contribution in [0, 0.1) is 11.3 Å². The molecule has 0 unspecified atom stereocenters. The highest BCUT2D eigenvalue weighted by Crippen LogP contribution is 2.21. The van der Waals surface area contributed by atoms with E-state index in [-0.39, 0.29) is 16.7 Å². The van der Waals surface area contributed by atoms with Crippen LogP contribution in [0.25, 0.3) is 0 Å². The fourth-order valence-electron chi connectivity index (χ4n) is 1.56. The Morgan fingerprint density at radius 1 is 1.33 bits per heavy atom. The number of aromatic nitrogens is 2. The van der Waals surface area contributed by atoms with Crippen molar-refractivity contribution in [2.45, 2.75) is 0 Å². The Morgan fingerprint density at radius 3 is 2.33 bits per heavy atom. The van der Waals surface area contributed by atoms with Gasteiger partial charge < -0.3 is 19.5 Å². The molecule has 0 saturated carbocycles. The first-order chi connectivity index (χ1) is 10.0. The molecule has 0 radical (unpaired) electrons. The van der Waals surface area contributed by atoms with Crippen molar-refractivity contribution in [2.75, 3.05) is 45.4 Å². The first-order valence-corrected chi connectivity index (χ1v) is 6.36. The third-order valence-electron chi connectivity index (χ3n) is 2.57. The molecule has 1 rings (SSSR count). The molecule has 9 heteroatoms. The minimum absolute atomic E-state index is 0.0443. The van der Waals surface area contributed by atoms with Gasteiger partial charge in [-0.1, -0.05) is 11.6 Å². The standard InChI is InChI=1S/C12H15ClN4O4/c1-20-5-3-17(4-6-21-2)11-8(7-14)15-10(13)9(16-11)12(18)19/h3-6H2,1-2H3,(H,18,19). The average molecular weight is 315 g/mol. The number of carboxylic acid groups (broad SMARTS) is 1. The van der Waals surface area contributed by atoms with Gasteiger partial charge in [0, 0.05) is 27.3 Å². The second-order valence-corrected chi connectivity index (χ2v) is 4.28. The number of aromatic carboxylic acids is 1. The molecule has 0 fully saturated rings. The van der Waals surface area contributed by atoms with Gasteiger partial charge in [0.25, 0.3) is 0 Å². The molecule has 0 aliphatic heterocycles. The molecule has 0 amide bonds. The van der Waals surface area contributed by atoms with Crippen LogP contribution < -0.4 is 4.90 Å². The maximum absolute atomic E-state index is 11.1. The zero-order valence-electron chi connectivity index (χ0n) is 11.7. The van der Waals surface area contributed by atoms with Gasteiger partial charge in [-0.25, -0.2) is 14.8 Å². The van der Waals surface area contributed by atoms with Gasteiger partial charge >= 0.3 is 5.97 Å². The predicted molar refractivity (Wildman–Crippen MR) is 74.7 cm³/mol. The Balaban J connectivity index is 3.23. The Hall–Kier alpha value is -1.95. The first kappa shape index (κ1) is 17.1. The normalized spacial score (nSPS) is 10.2. The van der Waals surface area contributed by atoms with Gasteiger partial charge in [-0.05, 0) is 0 Å². The van der Waals surface area contributed by atoms with Crippen molar-refractivity contribution in [2.24, 2.45) is 0 Å². The number of nitriles is 1. The number of methoxy groups -OCH3 is 2. The molecule has 1 heterocycles. The highest BCUT2D eigenvalue weighted by molar-refractivity contribution is 6.32. The van der Waals surface area contributed by atoms with Gasteiger partial charge in [0.05, 0.1) is 13.2 Å². The summed E-state index contributed by atoms with van der Waals surface area (Å²) in [5, 5.41) is 17.9. The summed E-state index contributed by atoms with van der Waals surface area (Å²) >= 11 is 5.72. The number of halogens is 1. The maximum atomic E-state index is 11.1. The molecule has 0 saturated heterocycles. The predicted octanol–water partition coefficient (Wildman–Crippen LogP) is 0.799. The lowest BCUT2D eigenvalue weighted by atomic mass is 10.3. The number of rotatable bonds is 8. The highest BCUT2D eigenvalue weighted by atomic mass is 35.5. The fourth-order valence-corrected chi connectivity index (χ4v) is 1.77. The minimum atomic E-state index is -1.31. The molecular formula is C12H15ClN4O4. The van der Waals surface area contributed by atoms with Crippen molar-refractivity contribution >= 4 is 23.4 Å². The Bertz CT molecular complexity index is 539. The van der Waals surface area contributed by atoms with E-state index in [1.54, 1.807) is 4.90 Å². The van der Waals surface area contributed by atoms with E-state index in [0.29, 0.717) is 26.3 Å². The summed E-state index contributed by atoms with van der Waals surface area (Å²) in [5.41, 5.74) is -0.442. The van der Waals surface area contributed by atoms with E-state index >= 15 is 0 Å². The van der Waals surface area contributed by atoms with Gasteiger partial charge in [-0.2, -0.15) is 5.26 Å². The van der Waals surface area contributed by atoms with Crippen molar-refractivity contribution in [1.82, 2.24) is 9.97 Å². The second kappa shape index (κ2) is 8.36. The van der Waals surface area contributed by atoms with E-state index in [1.165, 1.54) is 14.2 Å². The van der Waals surface area contributed by atoms with Crippen LogP contribution in [0.2, 0.25) is 5.15 Å². The summed E-state index contributed by atoms with van der Waals surface area (Å²) < 4.78 is 9.99. The number of carboxylic acids is 1.